The zero-order chi connectivity index (χ0) is 20.3. The maximum atomic E-state index is 12.9. The Balaban J connectivity index is 1.56. The molecule has 3 amide bonds. The minimum absolute atomic E-state index is 0.130. The number of anilines is 1. The molecular weight excluding hydrogens is 385 g/mol. The molecule has 2 aromatic carbocycles. The molecule has 1 heterocycles. The first-order chi connectivity index (χ1) is 13.3. The first-order valence-corrected chi connectivity index (χ1v) is 9.35. The summed E-state index contributed by atoms with van der Waals surface area (Å²) in [4.78, 5) is 37.0. The van der Waals surface area contributed by atoms with Gasteiger partial charge in [-0.15, -0.1) is 11.8 Å². The minimum atomic E-state index is -0.911. The van der Waals surface area contributed by atoms with Gasteiger partial charge in [-0.25, -0.2) is 4.39 Å². The molecule has 0 spiro atoms. The fourth-order valence-corrected chi connectivity index (χ4v) is 3.34. The van der Waals surface area contributed by atoms with Gasteiger partial charge in [0, 0.05) is 10.5 Å². The molecule has 0 saturated carbocycles. The van der Waals surface area contributed by atoms with Gasteiger partial charge in [0.2, 0.25) is 5.91 Å². The van der Waals surface area contributed by atoms with Crippen molar-refractivity contribution in [1.82, 2.24) is 10.9 Å². The monoisotopic (exact) mass is 403 g/mol. The second kappa shape index (κ2) is 8.30. The molecule has 3 N–H and O–H groups in total. The molecule has 7 nitrogen and oxygen atoms in total. The highest BCUT2D eigenvalue weighted by Crippen LogP contribution is 2.35. The van der Waals surface area contributed by atoms with Crippen LogP contribution in [0, 0.1) is 5.82 Å². The third-order valence-electron chi connectivity index (χ3n) is 3.97. The van der Waals surface area contributed by atoms with Crippen LogP contribution in [0.2, 0.25) is 0 Å². The lowest BCUT2D eigenvalue weighted by Crippen LogP contribution is -2.47. The van der Waals surface area contributed by atoms with Gasteiger partial charge in [0.25, 0.3) is 11.8 Å². The highest BCUT2D eigenvalue weighted by Gasteiger charge is 2.24. The lowest BCUT2D eigenvalue weighted by atomic mass is 10.2. The number of benzene rings is 2. The average molecular weight is 403 g/mol. The fourth-order valence-electron chi connectivity index (χ4n) is 2.41. The maximum absolute atomic E-state index is 12.9. The fraction of sp³-hybridized carbons (Fsp3) is 0.211. The van der Waals surface area contributed by atoms with E-state index in [1.807, 2.05) is 0 Å². The van der Waals surface area contributed by atoms with Crippen LogP contribution in [-0.2, 0) is 9.59 Å². The number of ether oxygens (including phenoxy) is 1. The van der Waals surface area contributed by atoms with Crippen molar-refractivity contribution in [3.05, 3.63) is 53.8 Å². The SMILES string of the molecule is C[C@H](Oc1ccc(F)cc1)C(=O)NNC(=O)c1ccc2c(c1)NC(=O)[C@H](C)S2. The molecule has 0 unspecified atom stereocenters. The predicted molar refractivity (Wildman–Crippen MR) is 102 cm³/mol. The Morgan fingerprint density at radius 1 is 1.18 bits per heavy atom. The van der Waals surface area contributed by atoms with E-state index in [9.17, 15) is 18.8 Å². The summed E-state index contributed by atoms with van der Waals surface area (Å²) in [7, 11) is 0. The quantitative estimate of drug-likeness (QED) is 0.682. The molecule has 3 rings (SSSR count). The Bertz CT molecular complexity index is 920. The lowest BCUT2D eigenvalue weighted by Gasteiger charge is -2.21. The van der Waals surface area contributed by atoms with Crippen LogP contribution in [0.3, 0.4) is 0 Å². The molecule has 0 bridgehead atoms. The second-order valence-electron chi connectivity index (χ2n) is 6.12. The highest BCUT2D eigenvalue weighted by molar-refractivity contribution is 8.00. The van der Waals surface area contributed by atoms with Crippen LogP contribution in [0.25, 0.3) is 0 Å². The summed E-state index contributed by atoms with van der Waals surface area (Å²) in [6.07, 6.45) is -0.911. The molecule has 9 heteroatoms. The summed E-state index contributed by atoms with van der Waals surface area (Å²) in [5.41, 5.74) is 5.42. The van der Waals surface area contributed by atoms with Crippen molar-refractivity contribution >= 4 is 35.2 Å². The summed E-state index contributed by atoms with van der Waals surface area (Å²) in [6, 6.07) is 10.1. The van der Waals surface area contributed by atoms with Crippen molar-refractivity contribution < 1.29 is 23.5 Å². The number of rotatable bonds is 4. The first-order valence-electron chi connectivity index (χ1n) is 8.47. The topological polar surface area (TPSA) is 96.5 Å². The van der Waals surface area contributed by atoms with Gasteiger partial charge in [-0.1, -0.05) is 0 Å². The van der Waals surface area contributed by atoms with Crippen LogP contribution in [-0.4, -0.2) is 29.1 Å². The van der Waals surface area contributed by atoms with E-state index in [2.05, 4.69) is 16.2 Å². The van der Waals surface area contributed by atoms with Gasteiger partial charge in [0.1, 0.15) is 11.6 Å². The molecule has 0 aromatic heterocycles. The van der Waals surface area contributed by atoms with Crippen molar-refractivity contribution in [2.45, 2.75) is 30.1 Å². The Morgan fingerprint density at radius 3 is 2.61 bits per heavy atom. The van der Waals surface area contributed by atoms with Crippen LogP contribution in [0.4, 0.5) is 10.1 Å². The number of hydrogen-bond donors (Lipinski definition) is 3. The third kappa shape index (κ3) is 4.61. The van der Waals surface area contributed by atoms with E-state index in [-0.39, 0.29) is 16.7 Å². The van der Waals surface area contributed by atoms with Crippen LogP contribution in [0.15, 0.2) is 47.4 Å². The van der Waals surface area contributed by atoms with Gasteiger partial charge in [0.15, 0.2) is 6.10 Å². The Morgan fingerprint density at radius 2 is 1.89 bits per heavy atom. The van der Waals surface area contributed by atoms with Crippen molar-refractivity contribution in [2.24, 2.45) is 0 Å². The number of amides is 3. The zero-order valence-corrected chi connectivity index (χ0v) is 15.9. The van der Waals surface area contributed by atoms with Crippen molar-refractivity contribution in [2.75, 3.05) is 5.32 Å². The predicted octanol–water partition coefficient (Wildman–Crippen LogP) is 2.49. The van der Waals surface area contributed by atoms with Gasteiger partial charge < -0.3 is 10.1 Å². The summed E-state index contributed by atoms with van der Waals surface area (Å²) in [5, 5.41) is 2.55. The Labute approximate surface area is 165 Å². The minimum Gasteiger partial charge on any atom is -0.481 e. The Hall–Kier alpha value is -3.07. The van der Waals surface area contributed by atoms with Crippen LogP contribution < -0.4 is 20.9 Å². The molecule has 0 radical (unpaired) electrons. The normalized spacial score (nSPS) is 16.4. The molecular formula is C19H18FN3O4S. The lowest BCUT2D eigenvalue weighted by molar-refractivity contribution is -0.128. The highest BCUT2D eigenvalue weighted by atomic mass is 32.2. The molecule has 0 saturated heterocycles. The van der Waals surface area contributed by atoms with E-state index in [4.69, 9.17) is 4.74 Å². The van der Waals surface area contributed by atoms with E-state index in [0.29, 0.717) is 11.4 Å². The zero-order valence-electron chi connectivity index (χ0n) is 15.1. The largest absolute Gasteiger partial charge is 0.481 e. The molecule has 0 fully saturated rings. The molecule has 2 aromatic rings. The van der Waals surface area contributed by atoms with Gasteiger partial charge in [-0.2, -0.15) is 0 Å². The molecule has 28 heavy (non-hydrogen) atoms. The smallest absolute Gasteiger partial charge is 0.279 e. The number of carbonyl (C=O) groups excluding carboxylic acids is 3. The number of hydrogen-bond acceptors (Lipinski definition) is 5. The maximum Gasteiger partial charge on any atom is 0.279 e. The number of thioether (sulfide) groups is 1. The summed E-state index contributed by atoms with van der Waals surface area (Å²) >= 11 is 1.41. The molecule has 0 aliphatic carbocycles. The van der Waals surface area contributed by atoms with Crippen LogP contribution in [0.1, 0.15) is 24.2 Å². The molecule has 1 aliphatic rings. The molecule has 2 atom stereocenters. The van der Waals surface area contributed by atoms with Crippen LogP contribution >= 0.6 is 11.8 Å². The van der Waals surface area contributed by atoms with Crippen molar-refractivity contribution in [3.63, 3.8) is 0 Å². The summed E-state index contributed by atoms with van der Waals surface area (Å²) in [5.74, 6) is -1.33. The standard InChI is InChI=1S/C19H18FN3O4S/c1-10(27-14-6-4-13(20)5-7-14)17(24)22-23-19(26)12-3-8-16-15(9-12)21-18(25)11(2)28-16/h3-11H,1-2H3,(H,21,25)(H,22,24)(H,23,26)/t10-,11-/m0/s1. The van der Waals surface area contributed by atoms with Gasteiger partial charge in [-0.3, -0.25) is 25.2 Å². The van der Waals surface area contributed by atoms with Crippen molar-refractivity contribution in [1.29, 1.82) is 0 Å². The van der Waals surface area contributed by atoms with Crippen molar-refractivity contribution in [3.8, 4) is 5.75 Å². The van der Waals surface area contributed by atoms with Gasteiger partial charge in [-0.05, 0) is 56.3 Å². The van der Waals surface area contributed by atoms with E-state index >= 15 is 0 Å². The summed E-state index contributed by atoms with van der Waals surface area (Å²) < 4.78 is 18.3. The first kappa shape index (κ1) is 19.7. The average Bonchev–Trinajstić information content (AvgIpc) is 2.68. The Kier molecular flexibility index (Phi) is 5.84. The number of hydrazine groups is 1. The second-order valence-corrected chi connectivity index (χ2v) is 7.50. The number of nitrogens with one attached hydrogen (secondary N) is 3. The number of fused-ring (bicyclic) bond motifs is 1. The van der Waals surface area contributed by atoms with Gasteiger partial charge in [0.05, 0.1) is 10.9 Å². The van der Waals surface area contributed by atoms with Gasteiger partial charge >= 0.3 is 0 Å². The van der Waals surface area contributed by atoms with Crippen LogP contribution in [0.5, 0.6) is 5.75 Å². The van der Waals surface area contributed by atoms with E-state index in [0.717, 1.165) is 4.90 Å². The van der Waals surface area contributed by atoms with E-state index in [1.54, 1.807) is 25.1 Å². The molecule has 146 valence electrons. The molecule has 1 aliphatic heterocycles. The van der Waals surface area contributed by atoms with E-state index in [1.165, 1.54) is 43.0 Å². The number of carbonyl (C=O) groups is 3. The third-order valence-corrected chi connectivity index (χ3v) is 5.15. The summed E-state index contributed by atoms with van der Waals surface area (Å²) in [6.45, 7) is 3.30. The number of halogens is 1. The van der Waals surface area contributed by atoms with E-state index < -0.39 is 23.7 Å².